The van der Waals surface area contributed by atoms with E-state index in [2.05, 4.69) is 19.1 Å². The standard InChI is InChI=1S/C18H34O2.Au/c1-2-3-4-5-6-7-8-9-10-11-12-13-14-15-16-17-18(19)20;/h9-10H,2-8,11-17H2,1H3,(H,19,20);. The topological polar surface area (TPSA) is 37.3 Å². The Balaban J connectivity index is 0. The van der Waals surface area contributed by atoms with Crippen LogP contribution in [0.15, 0.2) is 12.2 Å². The van der Waals surface area contributed by atoms with Crippen molar-refractivity contribution in [3.63, 3.8) is 0 Å². The van der Waals surface area contributed by atoms with Gasteiger partial charge in [0.05, 0.1) is 0 Å². The van der Waals surface area contributed by atoms with Crippen molar-refractivity contribution in [2.24, 2.45) is 0 Å². The molecule has 0 saturated heterocycles. The first-order valence-electron chi connectivity index (χ1n) is 8.64. The number of carboxylic acids is 1. The van der Waals surface area contributed by atoms with Gasteiger partial charge in [0.15, 0.2) is 0 Å². The first kappa shape index (κ1) is 23.2. The molecule has 21 heavy (non-hydrogen) atoms. The van der Waals surface area contributed by atoms with Gasteiger partial charge in [-0.15, -0.1) is 0 Å². The molecule has 1 radical (unpaired) electrons. The van der Waals surface area contributed by atoms with E-state index in [0.29, 0.717) is 6.42 Å². The maximum Gasteiger partial charge on any atom is 0.303 e. The SMILES string of the molecule is CCCCCCCCC=CCCCCCCCC(=O)O.[Au]. The fourth-order valence-electron chi connectivity index (χ4n) is 2.35. The van der Waals surface area contributed by atoms with Crippen LogP contribution in [0.5, 0.6) is 0 Å². The molecule has 1 N–H and O–H groups in total. The molecule has 0 aromatic rings. The number of rotatable bonds is 15. The van der Waals surface area contributed by atoms with Crippen molar-refractivity contribution in [3.05, 3.63) is 12.2 Å². The molecule has 0 aliphatic rings. The second kappa shape index (κ2) is 20.0. The molecule has 0 amide bonds. The second-order valence-electron chi connectivity index (χ2n) is 5.73. The summed E-state index contributed by atoms with van der Waals surface area (Å²) in [5.41, 5.74) is 0. The Bertz CT molecular complexity index is 239. The van der Waals surface area contributed by atoms with Gasteiger partial charge >= 0.3 is 5.97 Å². The van der Waals surface area contributed by atoms with Crippen LogP contribution in [0, 0.1) is 0 Å². The third-order valence-corrected chi connectivity index (χ3v) is 3.65. The van der Waals surface area contributed by atoms with Crippen LogP contribution in [0.1, 0.15) is 96.8 Å². The summed E-state index contributed by atoms with van der Waals surface area (Å²) in [4.78, 5) is 10.3. The van der Waals surface area contributed by atoms with E-state index in [1.54, 1.807) is 0 Å². The maximum atomic E-state index is 10.3. The second-order valence-corrected chi connectivity index (χ2v) is 5.73. The average molecular weight is 479 g/mol. The minimum absolute atomic E-state index is 0. The minimum Gasteiger partial charge on any atom is -0.481 e. The molecule has 0 aromatic heterocycles. The Hall–Kier alpha value is -0.0497. The van der Waals surface area contributed by atoms with E-state index in [1.807, 2.05) is 0 Å². The molecule has 0 fully saturated rings. The summed E-state index contributed by atoms with van der Waals surface area (Å²) in [6, 6.07) is 0. The van der Waals surface area contributed by atoms with Gasteiger partial charge in [-0.2, -0.15) is 0 Å². The van der Waals surface area contributed by atoms with Crippen LogP contribution in [0.2, 0.25) is 0 Å². The molecular weight excluding hydrogens is 445 g/mol. The molecule has 0 rings (SSSR count). The van der Waals surface area contributed by atoms with Crippen molar-refractivity contribution in [2.75, 3.05) is 0 Å². The zero-order valence-electron chi connectivity index (χ0n) is 13.7. The maximum absolute atomic E-state index is 10.3. The Morgan fingerprint density at radius 3 is 1.67 bits per heavy atom. The van der Waals surface area contributed by atoms with Crippen molar-refractivity contribution >= 4 is 5.97 Å². The molecule has 0 aliphatic heterocycles. The largest absolute Gasteiger partial charge is 0.481 e. The Morgan fingerprint density at radius 2 is 1.19 bits per heavy atom. The third kappa shape index (κ3) is 22.4. The fraction of sp³-hybridized carbons (Fsp3) is 0.833. The van der Waals surface area contributed by atoms with E-state index >= 15 is 0 Å². The minimum atomic E-state index is -0.664. The van der Waals surface area contributed by atoms with Crippen LogP contribution >= 0.6 is 0 Å². The summed E-state index contributed by atoms with van der Waals surface area (Å²) in [6.07, 6.45) is 21.2. The third-order valence-electron chi connectivity index (χ3n) is 3.65. The van der Waals surface area contributed by atoms with Gasteiger partial charge in [-0.3, -0.25) is 4.79 Å². The predicted molar refractivity (Wildman–Crippen MR) is 87.1 cm³/mol. The van der Waals surface area contributed by atoms with Crippen LogP contribution in [-0.2, 0) is 27.2 Å². The molecule has 0 unspecified atom stereocenters. The van der Waals surface area contributed by atoms with Crippen molar-refractivity contribution in [2.45, 2.75) is 96.8 Å². The summed E-state index contributed by atoms with van der Waals surface area (Å²) < 4.78 is 0. The molecule has 2 nitrogen and oxygen atoms in total. The number of aliphatic carboxylic acids is 1. The van der Waals surface area contributed by atoms with E-state index < -0.39 is 5.97 Å². The number of carbonyl (C=O) groups is 1. The zero-order valence-corrected chi connectivity index (χ0v) is 15.9. The Labute approximate surface area is 147 Å². The number of hydrogen-bond acceptors (Lipinski definition) is 1. The van der Waals surface area contributed by atoms with Crippen LogP contribution < -0.4 is 0 Å². The van der Waals surface area contributed by atoms with Gasteiger partial charge in [0.2, 0.25) is 0 Å². The first-order valence-corrected chi connectivity index (χ1v) is 8.64. The molecule has 0 aromatic carbocycles. The molecular formula is C18H34AuO2. The Kier molecular flexibility index (Phi) is 22.1. The van der Waals surface area contributed by atoms with Gasteiger partial charge in [-0.1, -0.05) is 70.4 Å². The molecule has 129 valence electrons. The summed E-state index contributed by atoms with van der Waals surface area (Å²) in [5.74, 6) is -0.664. The predicted octanol–water partition coefficient (Wildman–Crippen LogP) is 6.11. The van der Waals surface area contributed by atoms with Gasteiger partial charge in [-0.05, 0) is 32.1 Å². The van der Waals surface area contributed by atoms with Crippen LogP contribution in [0.25, 0.3) is 0 Å². The van der Waals surface area contributed by atoms with E-state index in [0.717, 1.165) is 12.8 Å². The van der Waals surface area contributed by atoms with Crippen LogP contribution in [0.4, 0.5) is 0 Å². The van der Waals surface area contributed by atoms with Crippen molar-refractivity contribution in [3.8, 4) is 0 Å². The number of hydrogen-bond donors (Lipinski definition) is 1. The van der Waals surface area contributed by atoms with Gasteiger partial charge < -0.3 is 5.11 Å². The molecule has 0 saturated carbocycles. The number of unbranched alkanes of at least 4 members (excludes halogenated alkanes) is 11. The summed E-state index contributed by atoms with van der Waals surface area (Å²) in [6.45, 7) is 2.26. The fourth-order valence-corrected chi connectivity index (χ4v) is 2.35. The average Bonchev–Trinajstić information content (AvgIpc) is 2.43. The smallest absolute Gasteiger partial charge is 0.303 e. The normalized spacial score (nSPS) is 10.7. The van der Waals surface area contributed by atoms with E-state index in [-0.39, 0.29) is 22.4 Å². The molecule has 0 aliphatic carbocycles. The van der Waals surface area contributed by atoms with E-state index in [9.17, 15) is 4.79 Å². The van der Waals surface area contributed by atoms with Gasteiger partial charge in [0, 0.05) is 28.8 Å². The molecule has 0 bridgehead atoms. The first-order chi connectivity index (χ1) is 9.77. The van der Waals surface area contributed by atoms with Gasteiger partial charge in [-0.25, -0.2) is 0 Å². The molecule has 0 heterocycles. The number of allylic oxidation sites excluding steroid dienone is 2. The van der Waals surface area contributed by atoms with Gasteiger partial charge in [0.1, 0.15) is 0 Å². The van der Waals surface area contributed by atoms with E-state index in [4.69, 9.17) is 5.11 Å². The summed E-state index contributed by atoms with van der Waals surface area (Å²) in [7, 11) is 0. The monoisotopic (exact) mass is 479 g/mol. The molecule has 0 spiro atoms. The zero-order chi connectivity index (χ0) is 14.9. The van der Waals surface area contributed by atoms with Crippen molar-refractivity contribution in [1.82, 2.24) is 0 Å². The summed E-state index contributed by atoms with van der Waals surface area (Å²) >= 11 is 0. The summed E-state index contributed by atoms with van der Waals surface area (Å²) in [5, 5.41) is 8.51. The molecule has 0 atom stereocenters. The number of carboxylic acid groups (broad SMARTS) is 1. The quantitative estimate of drug-likeness (QED) is 0.175. The van der Waals surface area contributed by atoms with Crippen LogP contribution in [0.3, 0.4) is 0 Å². The van der Waals surface area contributed by atoms with Crippen molar-refractivity contribution < 1.29 is 32.3 Å². The molecule has 3 heteroatoms. The van der Waals surface area contributed by atoms with Crippen molar-refractivity contribution in [1.29, 1.82) is 0 Å². The Morgan fingerprint density at radius 1 is 0.762 bits per heavy atom. The van der Waals surface area contributed by atoms with Crippen LogP contribution in [-0.4, -0.2) is 11.1 Å². The van der Waals surface area contributed by atoms with Gasteiger partial charge in [0.25, 0.3) is 0 Å². The van der Waals surface area contributed by atoms with E-state index in [1.165, 1.54) is 70.6 Å².